The number of rotatable bonds is 4. The van der Waals surface area contributed by atoms with E-state index in [0.29, 0.717) is 13.2 Å². The first kappa shape index (κ1) is 13.7. The predicted molar refractivity (Wildman–Crippen MR) is 86.8 cm³/mol. The van der Waals surface area contributed by atoms with Crippen molar-refractivity contribution in [1.29, 1.82) is 0 Å². The van der Waals surface area contributed by atoms with Gasteiger partial charge in [-0.15, -0.1) is 23.1 Å². The maximum absolute atomic E-state index is 5.60. The SMILES string of the molecule is c1csc(-c2cc(CSc3ccc4c(c3)OCCO4)no2)c1. The van der Waals surface area contributed by atoms with Crippen molar-refractivity contribution in [3.63, 3.8) is 0 Å². The molecule has 1 aliphatic heterocycles. The summed E-state index contributed by atoms with van der Waals surface area (Å²) in [5.74, 6) is 3.22. The summed E-state index contributed by atoms with van der Waals surface area (Å²) < 4.78 is 16.5. The van der Waals surface area contributed by atoms with Crippen molar-refractivity contribution in [1.82, 2.24) is 5.16 Å². The minimum atomic E-state index is 0.606. The summed E-state index contributed by atoms with van der Waals surface area (Å²) in [5, 5.41) is 6.16. The maximum atomic E-state index is 5.60. The summed E-state index contributed by atoms with van der Waals surface area (Å²) in [6.45, 7) is 1.22. The van der Waals surface area contributed by atoms with Crippen LogP contribution in [0.15, 0.2) is 51.2 Å². The van der Waals surface area contributed by atoms with Crippen molar-refractivity contribution >= 4 is 23.1 Å². The Morgan fingerprint density at radius 2 is 2.00 bits per heavy atom. The molecule has 3 heterocycles. The third-order valence-electron chi connectivity index (χ3n) is 3.22. The van der Waals surface area contributed by atoms with Crippen LogP contribution in [0.5, 0.6) is 11.5 Å². The summed E-state index contributed by atoms with van der Waals surface area (Å²) in [6.07, 6.45) is 0. The number of hydrogen-bond acceptors (Lipinski definition) is 6. The third-order valence-corrected chi connectivity index (χ3v) is 5.14. The molecule has 0 amide bonds. The average Bonchev–Trinajstić information content (AvgIpc) is 3.24. The Kier molecular flexibility index (Phi) is 3.78. The van der Waals surface area contributed by atoms with Crippen LogP contribution in [-0.4, -0.2) is 18.4 Å². The Labute approximate surface area is 136 Å². The molecule has 0 saturated carbocycles. The highest BCUT2D eigenvalue weighted by molar-refractivity contribution is 7.98. The first-order valence-corrected chi connectivity index (χ1v) is 8.77. The molecule has 4 rings (SSSR count). The smallest absolute Gasteiger partial charge is 0.177 e. The standard InChI is InChI=1S/C16H13NO3S2/c1-2-16(21-7-1)15-8-11(17-20-15)10-22-12-3-4-13-14(9-12)19-6-5-18-13/h1-4,7-9H,5-6,10H2. The number of nitrogens with zero attached hydrogens (tertiary/aromatic N) is 1. The molecule has 3 aromatic rings. The molecule has 2 aromatic heterocycles. The Hall–Kier alpha value is -1.92. The Morgan fingerprint density at radius 1 is 1.09 bits per heavy atom. The van der Waals surface area contributed by atoms with Gasteiger partial charge in [0.05, 0.1) is 10.6 Å². The van der Waals surface area contributed by atoms with Crippen LogP contribution in [0, 0.1) is 0 Å². The van der Waals surface area contributed by atoms with Gasteiger partial charge in [-0.05, 0) is 29.6 Å². The van der Waals surface area contributed by atoms with Gasteiger partial charge in [-0.2, -0.15) is 0 Å². The minimum Gasteiger partial charge on any atom is -0.486 e. The molecule has 0 N–H and O–H groups in total. The second-order valence-corrected chi connectivity index (χ2v) is 6.75. The van der Waals surface area contributed by atoms with E-state index in [4.69, 9.17) is 14.0 Å². The average molecular weight is 331 g/mol. The zero-order chi connectivity index (χ0) is 14.8. The minimum absolute atomic E-state index is 0.606. The Balaban J connectivity index is 1.44. The number of aromatic nitrogens is 1. The molecule has 0 unspecified atom stereocenters. The van der Waals surface area contributed by atoms with E-state index in [2.05, 4.69) is 5.16 Å². The molecule has 1 aliphatic rings. The highest BCUT2D eigenvalue weighted by Gasteiger charge is 2.13. The fourth-order valence-corrected chi connectivity index (χ4v) is 3.66. The Bertz CT molecular complexity index is 768. The zero-order valence-electron chi connectivity index (χ0n) is 11.7. The van der Waals surface area contributed by atoms with Gasteiger partial charge in [-0.25, -0.2) is 0 Å². The lowest BCUT2D eigenvalue weighted by atomic mass is 10.3. The number of hydrogen-bond donors (Lipinski definition) is 0. The van der Waals surface area contributed by atoms with Gasteiger partial charge < -0.3 is 14.0 Å². The van der Waals surface area contributed by atoms with Crippen molar-refractivity contribution in [3.8, 4) is 22.1 Å². The van der Waals surface area contributed by atoms with E-state index in [-0.39, 0.29) is 0 Å². The fourth-order valence-electron chi connectivity index (χ4n) is 2.19. The molecular formula is C16H13NO3S2. The van der Waals surface area contributed by atoms with Crippen LogP contribution in [0.4, 0.5) is 0 Å². The van der Waals surface area contributed by atoms with Crippen molar-refractivity contribution in [2.24, 2.45) is 0 Å². The number of benzene rings is 1. The molecule has 0 aliphatic carbocycles. The molecule has 0 radical (unpaired) electrons. The molecule has 112 valence electrons. The summed E-state index contributed by atoms with van der Waals surface area (Å²) >= 11 is 3.35. The van der Waals surface area contributed by atoms with E-state index in [1.54, 1.807) is 23.1 Å². The summed E-state index contributed by atoms with van der Waals surface area (Å²) in [6, 6.07) is 12.0. The first-order chi connectivity index (χ1) is 10.9. The van der Waals surface area contributed by atoms with Crippen LogP contribution in [-0.2, 0) is 5.75 Å². The van der Waals surface area contributed by atoms with Gasteiger partial charge in [0.2, 0.25) is 0 Å². The van der Waals surface area contributed by atoms with Gasteiger partial charge in [0.15, 0.2) is 17.3 Å². The monoisotopic (exact) mass is 331 g/mol. The zero-order valence-corrected chi connectivity index (χ0v) is 13.3. The van der Waals surface area contributed by atoms with Gasteiger partial charge in [0, 0.05) is 16.7 Å². The van der Waals surface area contributed by atoms with Crippen LogP contribution in [0.25, 0.3) is 10.6 Å². The highest BCUT2D eigenvalue weighted by atomic mass is 32.2. The van der Waals surface area contributed by atoms with Crippen molar-refractivity contribution in [2.75, 3.05) is 13.2 Å². The van der Waals surface area contributed by atoms with Crippen LogP contribution in [0.1, 0.15) is 5.69 Å². The number of ether oxygens (including phenoxy) is 2. The van der Waals surface area contributed by atoms with Crippen LogP contribution in [0.2, 0.25) is 0 Å². The molecule has 6 heteroatoms. The molecule has 1 aromatic carbocycles. The van der Waals surface area contributed by atoms with E-state index in [1.807, 2.05) is 41.8 Å². The second-order valence-electron chi connectivity index (χ2n) is 4.75. The Morgan fingerprint density at radius 3 is 2.86 bits per heavy atom. The topological polar surface area (TPSA) is 44.5 Å². The van der Waals surface area contributed by atoms with Crippen LogP contribution in [0.3, 0.4) is 0 Å². The number of thiophene rings is 1. The van der Waals surface area contributed by atoms with Crippen molar-refractivity contribution in [3.05, 3.63) is 47.5 Å². The molecule has 4 nitrogen and oxygen atoms in total. The molecule has 0 saturated heterocycles. The predicted octanol–water partition coefficient (Wildman–Crippen LogP) is 4.47. The molecule has 0 atom stereocenters. The number of thioether (sulfide) groups is 1. The lowest BCUT2D eigenvalue weighted by Gasteiger charge is -2.18. The lowest BCUT2D eigenvalue weighted by molar-refractivity contribution is 0.171. The van der Waals surface area contributed by atoms with E-state index in [1.165, 1.54) is 0 Å². The van der Waals surface area contributed by atoms with Crippen LogP contribution >= 0.6 is 23.1 Å². The number of fused-ring (bicyclic) bond motifs is 1. The largest absolute Gasteiger partial charge is 0.486 e. The van der Waals surface area contributed by atoms with Gasteiger partial charge in [0.1, 0.15) is 13.2 Å². The highest BCUT2D eigenvalue weighted by Crippen LogP contribution is 2.35. The first-order valence-electron chi connectivity index (χ1n) is 6.90. The summed E-state index contributed by atoms with van der Waals surface area (Å²) in [5.41, 5.74) is 0.934. The molecule has 0 fully saturated rings. The molecule has 0 spiro atoms. The molecule has 0 bridgehead atoms. The van der Waals surface area contributed by atoms with E-state index < -0.39 is 0 Å². The van der Waals surface area contributed by atoms with E-state index in [0.717, 1.165) is 38.5 Å². The van der Waals surface area contributed by atoms with Gasteiger partial charge in [0.25, 0.3) is 0 Å². The van der Waals surface area contributed by atoms with E-state index in [9.17, 15) is 0 Å². The third kappa shape index (κ3) is 2.84. The normalized spacial score (nSPS) is 13.3. The van der Waals surface area contributed by atoms with Crippen LogP contribution < -0.4 is 9.47 Å². The van der Waals surface area contributed by atoms with E-state index >= 15 is 0 Å². The summed E-state index contributed by atoms with van der Waals surface area (Å²) in [7, 11) is 0. The van der Waals surface area contributed by atoms with Crippen molar-refractivity contribution in [2.45, 2.75) is 10.6 Å². The fraction of sp³-hybridized carbons (Fsp3) is 0.188. The summed E-state index contributed by atoms with van der Waals surface area (Å²) in [4.78, 5) is 2.23. The van der Waals surface area contributed by atoms with Gasteiger partial charge in [-0.1, -0.05) is 11.2 Å². The second kappa shape index (κ2) is 6.06. The van der Waals surface area contributed by atoms with Gasteiger partial charge in [-0.3, -0.25) is 0 Å². The van der Waals surface area contributed by atoms with Gasteiger partial charge >= 0.3 is 0 Å². The quantitative estimate of drug-likeness (QED) is 0.660. The maximum Gasteiger partial charge on any atom is 0.177 e. The van der Waals surface area contributed by atoms with Crippen molar-refractivity contribution < 1.29 is 14.0 Å². The lowest BCUT2D eigenvalue weighted by Crippen LogP contribution is -2.15. The molecule has 22 heavy (non-hydrogen) atoms. The molecular weight excluding hydrogens is 318 g/mol.